The average Bonchev–Trinajstić information content (AvgIpc) is 2.30. The number of nitrogens with zero attached hydrogens (tertiary/aromatic N) is 1. The lowest BCUT2D eigenvalue weighted by Crippen LogP contribution is -2.33. The molecule has 1 N–H and O–H groups in total. The van der Waals surface area contributed by atoms with Gasteiger partial charge in [0, 0.05) is 30.1 Å². The molecule has 0 amide bonds. The van der Waals surface area contributed by atoms with Gasteiger partial charge in [-0.2, -0.15) is 11.8 Å². The molecule has 1 unspecified atom stereocenters. The van der Waals surface area contributed by atoms with Gasteiger partial charge in [-0.15, -0.1) is 0 Å². The molecule has 0 aliphatic rings. The molecule has 2 nitrogen and oxygen atoms in total. The lowest BCUT2D eigenvalue weighted by Gasteiger charge is -2.17. The van der Waals surface area contributed by atoms with Gasteiger partial charge in [0.15, 0.2) is 0 Å². The van der Waals surface area contributed by atoms with Crippen LogP contribution in [0.15, 0.2) is 24.4 Å². The highest BCUT2D eigenvalue weighted by atomic mass is 32.2. The second-order valence-electron chi connectivity index (χ2n) is 4.71. The van der Waals surface area contributed by atoms with E-state index in [1.165, 1.54) is 17.2 Å². The lowest BCUT2D eigenvalue weighted by atomic mass is 10.1. The summed E-state index contributed by atoms with van der Waals surface area (Å²) >= 11 is 2.04. The normalized spacial score (nSPS) is 12.9. The zero-order valence-electron chi connectivity index (χ0n) is 11.1. The van der Waals surface area contributed by atoms with Gasteiger partial charge in [-0.3, -0.25) is 4.98 Å². The van der Waals surface area contributed by atoms with Gasteiger partial charge in [0.05, 0.1) is 0 Å². The minimum Gasteiger partial charge on any atom is -0.313 e. The van der Waals surface area contributed by atoms with Gasteiger partial charge in [-0.1, -0.05) is 26.8 Å². The van der Waals surface area contributed by atoms with Gasteiger partial charge in [0.25, 0.3) is 0 Å². The van der Waals surface area contributed by atoms with E-state index in [9.17, 15) is 0 Å². The van der Waals surface area contributed by atoms with E-state index in [2.05, 4.69) is 43.2 Å². The monoisotopic (exact) mass is 252 g/mol. The highest BCUT2D eigenvalue weighted by Gasteiger charge is 2.09. The van der Waals surface area contributed by atoms with Gasteiger partial charge in [-0.25, -0.2) is 0 Å². The van der Waals surface area contributed by atoms with E-state index < -0.39 is 0 Å². The quantitative estimate of drug-likeness (QED) is 0.770. The molecule has 0 aromatic carbocycles. The smallest absolute Gasteiger partial charge is 0.0419 e. The van der Waals surface area contributed by atoms with E-state index in [-0.39, 0.29) is 0 Å². The first-order valence-corrected chi connectivity index (χ1v) is 7.58. The van der Waals surface area contributed by atoms with E-state index >= 15 is 0 Å². The van der Waals surface area contributed by atoms with Crippen molar-refractivity contribution in [3.63, 3.8) is 0 Å². The Morgan fingerprint density at radius 2 is 2.12 bits per heavy atom. The SMILES string of the molecule is CCNC(CSCC(C)C)Cc1ccccn1. The molecule has 0 fully saturated rings. The molecule has 1 aromatic heterocycles. The fourth-order valence-corrected chi connectivity index (χ4v) is 2.82. The van der Waals surface area contributed by atoms with Crippen LogP contribution >= 0.6 is 11.8 Å². The first-order valence-electron chi connectivity index (χ1n) is 6.43. The predicted molar refractivity (Wildman–Crippen MR) is 77.6 cm³/mol. The molecular weight excluding hydrogens is 228 g/mol. The van der Waals surface area contributed by atoms with Crippen LogP contribution in [0.3, 0.4) is 0 Å². The second kappa shape index (κ2) is 8.54. The van der Waals surface area contributed by atoms with Crippen LogP contribution in [0.2, 0.25) is 0 Å². The molecule has 1 heterocycles. The number of rotatable bonds is 8. The van der Waals surface area contributed by atoms with Crippen molar-refractivity contribution >= 4 is 11.8 Å². The maximum atomic E-state index is 4.39. The summed E-state index contributed by atoms with van der Waals surface area (Å²) in [7, 11) is 0. The maximum absolute atomic E-state index is 4.39. The van der Waals surface area contributed by atoms with Gasteiger partial charge in [0.1, 0.15) is 0 Å². The van der Waals surface area contributed by atoms with E-state index in [1.54, 1.807) is 0 Å². The fourth-order valence-electron chi connectivity index (χ4n) is 1.70. The number of likely N-dealkylation sites (N-methyl/N-ethyl adjacent to an activating group) is 1. The van der Waals surface area contributed by atoms with Crippen molar-refractivity contribution in [2.24, 2.45) is 5.92 Å². The Labute approximate surface area is 110 Å². The zero-order valence-corrected chi connectivity index (χ0v) is 12.0. The van der Waals surface area contributed by atoms with Gasteiger partial charge in [-0.05, 0) is 30.3 Å². The Morgan fingerprint density at radius 1 is 1.29 bits per heavy atom. The third kappa shape index (κ3) is 6.69. The van der Waals surface area contributed by atoms with Crippen LogP contribution in [-0.2, 0) is 6.42 Å². The van der Waals surface area contributed by atoms with Crippen molar-refractivity contribution in [2.45, 2.75) is 33.2 Å². The molecule has 0 saturated carbocycles. The Balaban J connectivity index is 2.37. The van der Waals surface area contributed by atoms with Crippen LogP contribution in [0.4, 0.5) is 0 Å². The number of hydrogen-bond donors (Lipinski definition) is 1. The summed E-state index contributed by atoms with van der Waals surface area (Å²) < 4.78 is 0. The molecular formula is C14H24N2S. The van der Waals surface area contributed by atoms with Crippen LogP contribution in [0.5, 0.6) is 0 Å². The molecule has 0 bridgehead atoms. The van der Waals surface area contributed by atoms with Crippen molar-refractivity contribution in [1.82, 2.24) is 10.3 Å². The van der Waals surface area contributed by atoms with E-state index in [1.807, 2.05) is 24.0 Å². The lowest BCUT2D eigenvalue weighted by molar-refractivity contribution is 0.566. The molecule has 0 radical (unpaired) electrons. The average molecular weight is 252 g/mol. The minimum atomic E-state index is 0.540. The topological polar surface area (TPSA) is 24.9 Å². The molecule has 17 heavy (non-hydrogen) atoms. The Bertz CT molecular complexity index is 288. The van der Waals surface area contributed by atoms with Gasteiger partial charge < -0.3 is 5.32 Å². The summed E-state index contributed by atoms with van der Waals surface area (Å²) in [5, 5.41) is 3.54. The summed E-state index contributed by atoms with van der Waals surface area (Å²) in [6.07, 6.45) is 2.90. The molecule has 0 aliphatic carbocycles. The molecule has 3 heteroatoms. The summed E-state index contributed by atoms with van der Waals surface area (Å²) in [4.78, 5) is 4.39. The summed E-state index contributed by atoms with van der Waals surface area (Å²) in [6, 6.07) is 6.68. The fraction of sp³-hybridized carbons (Fsp3) is 0.643. The van der Waals surface area contributed by atoms with Crippen LogP contribution in [0.1, 0.15) is 26.5 Å². The number of nitrogens with one attached hydrogen (secondary N) is 1. The van der Waals surface area contributed by atoms with Crippen molar-refractivity contribution < 1.29 is 0 Å². The van der Waals surface area contributed by atoms with Crippen LogP contribution < -0.4 is 5.32 Å². The Hall–Kier alpha value is -0.540. The molecule has 1 aromatic rings. The molecule has 0 spiro atoms. The Kier molecular flexibility index (Phi) is 7.29. The summed E-state index contributed by atoms with van der Waals surface area (Å²) in [6.45, 7) is 7.74. The van der Waals surface area contributed by atoms with Crippen molar-refractivity contribution in [3.8, 4) is 0 Å². The first-order chi connectivity index (χ1) is 8.22. The molecule has 0 aliphatic heterocycles. The van der Waals surface area contributed by atoms with Gasteiger partial charge in [0.2, 0.25) is 0 Å². The highest BCUT2D eigenvalue weighted by Crippen LogP contribution is 2.11. The number of pyridine rings is 1. The molecule has 0 saturated heterocycles. The zero-order chi connectivity index (χ0) is 12.5. The van der Waals surface area contributed by atoms with Crippen LogP contribution in [-0.4, -0.2) is 29.1 Å². The third-order valence-electron chi connectivity index (χ3n) is 2.44. The predicted octanol–water partition coefficient (Wildman–Crippen LogP) is 2.99. The van der Waals surface area contributed by atoms with Crippen LogP contribution in [0, 0.1) is 5.92 Å². The molecule has 96 valence electrons. The number of aromatic nitrogens is 1. The minimum absolute atomic E-state index is 0.540. The van der Waals surface area contributed by atoms with Crippen molar-refractivity contribution in [2.75, 3.05) is 18.1 Å². The number of thioether (sulfide) groups is 1. The summed E-state index contributed by atoms with van der Waals surface area (Å²) in [5.41, 5.74) is 1.18. The summed E-state index contributed by atoms with van der Waals surface area (Å²) in [5.74, 6) is 3.18. The molecule has 1 rings (SSSR count). The van der Waals surface area contributed by atoms with Gasteiger partial charge >= 0.3 is 0 Å². The highest BCUT2D eigenvalue weighted by molar-refractivity contribution is 7.99. The van der Waals surface area contributed by atoms with Crippen LogP contribution in [0.25, 0.3) is 0 Å². The van der Waals surface area contributed by atoms with E-state index in [0.717, 1.165) is 18.9 Å². The molecule has 1 atom stereocenters. The van der Waals surface area contributed by atoms with Crippen molar-refractivity contribution in [1.29, 1.82) is 0 Å². The largest absolute Gasteiger partial charge is 0.313 e. The second-order valence-corrected chi connectivity index (χ2v) is 5.79. The third-order valence-corrected chi connectivity index (χ3v) is 3.99. The van der Waals surface area contributed by atoms with Crippen molar-refractivity contribution in [3.05, 3.63) is 30.1 Å². The van der Waals surface area contributed by atoms with E-state index in [4.69, 9.17) is 0 Å². The number of hydrogen-bond acceptors (Lipinski definition) is 3. The Morgan fingerprint density at radius 3 is 2.71 bits per heavy atom. The maximum Gasteiger partial charge on any atom is 0.0419 e. The first kappa shape index (κ1) is 14.5. The van der Waals surface area contributed by atoms with E-state index in [0.29, 0.717) is 6.04 Å². The standard InChI is InChI=1S/C14H24N2S/c1-4-15-14(11-17-10-12(2)3)9-13-7-5-6-8-16-13/h5-8,12,14-15H,4,9-11H2,1-3H3.